The van der Waals surface area contributed by atoms with Crippen molar-refractivity contribution in [1.82, 2.24) is 0 Å². The van der Waals surface area contributed by atoms with Crippen molar-refractivity contribution in [2.75, 3.05) is 6.61 Å². The van der Waals surface area contributed by atoms with Crippen molar-refractivity contribution in [2.24, 2.45) is 0 Å². The summed E-state index contributed by atoms with van der Waals surface area (Å²) in [6, 6.07) is 15.1. The molecule has 0 aliphatic carbocycles. The molecular weight excluding hydrogens is 316 g/mol. The molecule has 0 amide bonds. The van der Waals surface area contributed by atoms with Crippen LogP contribution in [-0.2, 0) is 6.42 Å². The van der Waals surface area contributed by atoms with Gasteiger partial charge in [-0.2, -0.15) is 0 Å². The lowest BCUT2D eigenvalue weighted by atomic mass is 10.0. The zero-order valence-corrected chi connectivity index (χ0v) is 14.6. The minimum atomic E-state index is -0.513. The third kappa shape index (κ3) is 3.68. The summed E-state index contributed by atoms with van der Waals surface area (Å²) in [5.41, 5.74) is 1.09. The van der Waals surface area contributed by atoms with Crippen molar-refractivity contribution in [2.45, 2.75) is 33.1 Å². The van der Waals surface area contributed by atoms with Crippen molar-refractivity contribution < 1.29 is 13.9 Å². The molecule has 0 bridgehead atoms. The van der Waals surface area contributed by atoms with E-state index in [0.717, 1.165) is 30.2 Å². The number of benzene rings is 2. The smallest absolute Gasteiger partial charge is 0.383 e. The summed E-state index contributed by atoms with van der Waals surface area (Å²) in [7, 11) is 0. The maximum atomic E-state index is 12.4. The van der Waals surface area contributed by atoms with Gasteiger partial charge < -0.3 is 13.9 Å². The molecule has 130 valence electrons. The fourth-order valence-electron chi connectivity index (χ4n) is 2.78. The van der Waals surface area contributed by atoms with Crippen molar-refractivity contribution in [3.63, 3.8) is 0 Å². The van der Waals surface area contributed by atoms with Crippen LogP contribution in [0.5, 0.6) is 17.2 Å². The number of rotatable bonds is 7. The van der Waals surface area contributed by atoms with Crippen LogP contribution >= 0.6 is 0 Å². The molecule has 25 heavy (non-hydrogen) atoms. The van der Waals surface area contributed by atoms with Crippen LogP contribution in [0.25, 0.3) is 11.0 Å². The highest BCUT2D eigenvalue weighted by atomic mass is 16.5. The van der Waals surface area contributed by atoms with Crippen molar-refractivity contribution >= 4 is 11.0 Å². The lowest BCUT2D eigenvalue weighted by molar-refractivity contribution is 0.287. The molecule has 4 nitrogen and oxygen atoms in total. The molecular formula is C21H22O4. The summed E-state index contributed by atoms with van der Waals surface area (Å²) in [5, 5.41) is 0.805. The van der Waals surface area contributed by atoms with E-state index in [1.807, 2.05) is 49.4 Å². The van der Waals surface area contributed by atoms with Gasteiger partial charge in [0.2, 0.25) is 5.75 Å². The Balaban J connectivity index is 2.24. The van der Waals surface area contributed by atoms with Gasteiger partial charge in [-0.25, -0.2) is 4.79 Å². The van der Waals surface area contributed by atoms with E-state index in [4.69, 9.17) is 13.9 Å². The van der Waals surface area contributed by atoms with Crippen LogP contribution < -0.4 is 15.1 Å². The Morgan fingerprint density at radius 1 is 0.920 bits per heavy atom. The van der Waals surface area contributed by atoms with Crippen molar-refractivity contribution in [1.29, 1.82) is 0 Å². The molecule has 0 aliphatic heterocycles. The number of para-hydroxylation sites is 1. The highest BCUT2D eigenvalue weighted by Crippen LogP contribution is 2.38. The summed E-state index contributed by atoms with van der Waals surface area (Å²) < 4.78 is 17.3. The molecule has 3 rings (SSSR count). The van der Waals surface area contributed by atoms with Crippen LogP contribution in [0.3, 0.4) is 0 Å². The van der Waals surface area contributed by atoms with Crippen LogP contribution in [0.1, 0.15) is 32.3 Å². The number of hydrogen-bond acceptors (Lipinski definition) is 4. The van der Waals surface area contributed by atoms with E-state index in [2.05, 4.69) is 6.92 Å². The molecule has 0 atom stereocenters. The molecule has 3 aromatic rings. The highest BCUT2D eigenvalue weighted by molar-refractivity contribution is 5.89. The average molecular weight is 338 g/mol. The first-order valence-electron chi connectivity index (χ1n) is 8.69. The fourth-order valence-corrected chi connectivity index (χ4v) is 2.78. The SMILES string of the molecule is CCCOc1c(Oc2ccccc2)c2c(CCC)cccc2oc1=O. The first-order chi connectivity index (χ1) is 12.2. The third-order valence-electron chi connectivity index (χ3n) is 3.87. The lowest BCUT2D eigenvalue weighted by Crippen LogP contribution is -2.10. The Kier molecular flexibility index (Phi) is 5.39. The standard InChI is InChI=1S/C21H22O4/c1-3-9-15-10-8-13-17-18(15)19(24-16-11-6-5-7-12-16)20(21(22)25-17)23-14-4-2/h5-8,10-13H,3-4,9,14H2,1-2H3. The predicted octanol–water partition coefficient (Wildman–Crippen LogP) is 5.33. The molecule has 0 N–H and O–H groups in total. The summed E-state index contributed by atoms with van der Waals surface area (Å²) >= 11 is 0. The maximum absolute atomic E-state index is 12.4. The van der Waals surface area contributed by atoms with E-state index in [-0.39, 0.29) is 5.75 Å². The molecule has 2 aromatic carbocycles. The maximum Gasteiger partial charge on any atom is 0.383 e. The number of aryl methyl sites for hydroxylation is 1. The quantitative estimate of drug-likeness (QED) is 0.547. The van der Waals surface area contributed by atoms with E-state index in [9.17, 15) is 4.79 Å². The van der Waals surface area contributed by atoms with E-state index in [1.54, 1.807) is 6.07 Å². The normalized spacial score (nSPS) is 10.8. The molecule has 0 radical (unpaired) electrons. The Bertz CT molecular complexity index is 897. The zero-order valence-electron chi connectivity index (χ0n) is 14.6. The molecule has 0 aliphatic rings. The second-order valence-corrected chi connectivity index (χ2v) is 5.85. The Labute approximate surface area is 147 Å². The monoisotopic (exact) mass is 338 g/mol. The Hall–Kier alpha value is -2.75. The zero-order chi connectivity index (χ0) is 17.6. The number of ether oxygens (including phenoxy) is 2. The van der Waals surface area contributed by atoms with Gasteiger partial charge in [-0.15, -0.1) is 0 Å². The number of hydrogen-bond donors (Lipinski definition) is 0. The summed E-state index contributed by atoms with van der Waals surface area (Å²) in [4.78, 5) is 12.4. The van der Waals surface area contributed by atoms with Gasteiger partial charge in [-0.3, -0.25) is 0 Å². The van der Waals surface area contributed by atoms with Gasteiger partial charge in [0.15, 0.2) is 5.75 Å². The summed E-state index contributed by atoms with van der Waals surface area (Å²) in [6.45, 7) is 4.53. The largest absolute Gasteiger partial charge is 0.484 e. The van der Waals surface area contributed by atoms with Crippen LogP contribution in [-0.4, -0.2) is 6.61 Å². The van der Waals surface area contributed by atoms with Gasteiger partial charge >= 0.3 is 5.63 Å². The predicted molar refractivity (Wildman–Crippen MR) is 98.8 cm³/mol. The van der Waals surface area contributed by atoms with E-state index >= 15 is 0 Å². The molecule has 1 aromatic heterocycles. The van der Waals surface area contributed by atoms with Crippen molar-refractivity contribution in [3.8, 4) is 17.2 Å². The van der Waals surface area contributed by atoms with Gasteiger partial charge in [-0.05, 0) is 36.6 Å². The molecule has 4 heteroatoms. The Morgan fingerprint density at radius 2 is 1.72 bits per heavy atom. The van der Waals surface area contributed by atoms with Gasteiger partial charge in [-0.1, -0.05) is 50.6 Å². The fraction of sp³-hybridized carbons (Fsp3) is 0.286. The van der Waals surface area contributed by atoms with E-state index < -0.39 is 5.63 Å². The first kappa shape index (κ1) is 17.1. The topological polar surface area (TPSA) is 48.7 Å². The lowest BCUT2D eigenvalue weighted by Gasteiger charge is -2.15. The molecule has 0 unspecified atom stereocenters. The molecule has 0 fully saturated rings. The van der Waals surface area contributed by atoms with Gasteiger partial charge in [0.25, 0.3) is 0 Å². The van der Waals surface area contributed by atoms with Crippen molar-refractivity contribution in [3.05, 3.63) is 64.5 Å². The van der Waals surface area contributed by atoms with Crippen LogP contribution in [0.2, 0.25) is 0 Å². The second kappa shape index (κ2) is 7.88. The number of fused-ring (bicyclic) bond motifs is 1. The second-order valence-electron chi connectivity index (χ2n) is 5.85. The molecule has 0 saturated carbocycles. The van der Waals surface area contributed by atoms with Crippen LogP contribution in [0.15, 0.2) is 57.7 Å². The van der Waals surface area contributed by atoms with E-state index in [1.165, 1.54) is 0 Å². The summed E-state index contributed by atoms with van der Waals surface area (Å²) in [5.74, 6) is 1.23. The van der Waals surface area contributed by atoms with Crippen LogP contribution in [0, 0.1) is 0 Å². The highest BCUT2D eigenvalue weighted by Gasteiger charge is 2.20. The van der Waals surface area contributed by atoms with Gasteiger partial charge in [0.05, 0.1) is 12.0 Å². The summed E-state index contributed by atoms with van der Waals surface area (Å²) in [6.07, 6.45) is 2.64. The van der Waals surface area contributed by atoms with Gasteiger partial charge in [0, 0.05) is 0 Å². The average Bonchev–Trinajstić information content (AvgIpc) is 2.62. The first-order valence-corrected chi connectivity index (χ1v) is 8.69. The van der Waals surface area contributed by atoms with Crippen LogP contribution in [0.4, 0.5) is 0 Å². The minimum Gasteiger partial charge on any atom is -0.484 e. The van der Waals surface area contributed by atoms with E-state index in [0.29, 0.717) is 23.7 Å². The third-order valence-corrected chi connectivity index (χ3v) is 3.87. The van der Waals surface area contributed by atoms with Gasteiger partial charge in [0.1, 0.15) is 11.3 Å². The molecule has 0 saturated heterocycles. The minimum absolute atomic E-state index is 0.141. The molecule has 1 heterocycles. The Morgan fingerprint density at radius 3 is 2.44 bits per heavy atom. The molecule has 0 spiro atoms.